The molecule has 0 radical (unpaired) electrons. The van der Waals surface area contributed by atoms with E-state index in [-0.39, 0.29) is 5.91 Å². The van der Waals surface area contributed by atoms with E-state index in [4.69, 9.17) is 4.98 Å². The Morgan fingerprint density at radius 3 is 2.27 bits per heavy atom. The summed E-state index contributed by atoms with van der Waals surface area (Å²) in [6.45, 7) is 6.87. The van der Waals surface area contributed by atoms with Crippen LogP contribution in [0, 0.1) is 0 Å². The van der Waals surface area contributed by atoms with Crippen molar-refractivity contribution in [1.29, 1.82) is 0 Å². The molecule has 0 saturated heterocycles. The first-order valence-electron chi connectivity index (χ1n) is 15.2. The van der Waals surface area contributed by atoms with Crippen molar-refractivity contribution in [1.82, 2.24) is 20.3 Å². The molecule has 0 spiro atoms. The van der Waals surface area contributed by atoms with E-state index < -0.39 is 0 Å². The van der Waals surface area contributed by atoms with Gasteiger partial charge in [-0.05, 0) is 67.8 Å². The summed E-state index contributed by atoms with van der Waals surface area (Å²) in [6.07, 6.45) is 6.23. The van der Waals surface area contributed by atoms with Crippen LogP contribution in [-0.2, 0) is 11.2 Å². The van der Waals surface area contributed by atoms with Crippen molar-refractivity contribution >= 4 is 28.6 Å². The molecule has 6 heteroatoms. The highest BCUT2D eigenvalue weighted by Gasteiger charge is 2.16. The molecule has 0 aliphatic rings. The molecule has 0 unspecified atom stereocenters. The van der Waals surface area contributed by atoms with E-state index in [1.807, 2.05) is 54.7 Å². The number of para-hydroxylation sites is 1. The van der Waals surface area contributed by atoms with Gasteiger partial charge in [0.1, 0.15) is 5.82 Å². The van der Waals surface area contributed by atoms with E-state index in [2.05, 4.69) is 94.7 Å². The molecule has 0 fully saturated rings. The smallest absolute Gasteiger partial charge is 0.244 e. The number of anilines is 1. The van der Waals surface area contributed by atoms with Crippen LogP contribution < -0.4 is 10.2 Å². The van der Waals surface area contributed by atoms with Gasteiger partial charge in [-0.2, -0.15) is 0 Å². The number of rotatable bonds is 11. The van der Waals surface area contributed by atoms with Crippen LogP contribution in [0.25, 0.3) is 50.9 Å². The zero-order chi connectivity index (χ0) is 30.3. The number of nitrogens with zero attached hydrogens (tertiary/aromatic N) is 2. The van der Waals surface area contributed by atoms with Crippen molar-refractivity contribution in [2.75, 3.05) is 24.5 Å². The summed E-state index contributed by atoms with van der Waals surface area (Å²) in [4.78, 5) is 26.8. The summed E-state index contributed by atoms with van der Waals surface area (Å²) in [6, 6.07) is 35.2. The molecule has 4 aromatic carbocycles. The second kappa shape index (κ2) is 13.3. The summed E-state index contributed by atoms with van der Waals surface area (Å²) < 4.78 is 0. The summed E-state index contributed by atoms with van der Waals surface area (Å²) in [5.74, 6) is 0.726. The van der Waals surface area contributed by atoms with Crippen molar-refractivity contribution in [3.05, 3.63) is 127 Å². The highest BCUT2D eigenvalue weighted by molar-refractivity contribution is 5.92. The van der Waals surface area contributed by atoms with Crippen molar-refractivity contribution in [3.63, 3.8) is 0 Å². The zero-order valence-corrected chi connectivity index (χ0v) is 25.2. The number of aromatic nitrogens is 3. The Hall–Kier alpha value is -5.36. The van der Waals surface area contributed by atoms with Gasteiger partial charge in [-0.25, -0.2) is 4.98 Å². The molecule has 1 amide bonds. The summed E-state index contributed by atoms with van der Waals surface area (Å²) in [5, 5.41) is 4.20. The third-order valence-electron chi connectivity index (χ3n) is 8.02. The Morgan fingerprint density at radius 2 is 1.52 bits per heavy atom. The lowest BCUT2D eigenvalue weighted by Crippen LogP contribution is -2.23. The highest BCUT2D eigenvalue weighted by Crippen LogP contribution is 2.33. The van der Waals surface area contributed by atoms with Gasteiger partial charge >= 0.3 is 0 Å². The van der Waals surface area contributed by atoms with Gasteiger partial charge in [0.15, 0.2) is 0 Å². The van der Waals surface area contributed by atoms with Crippen molar-refractivity contribution in [3.8, 4) is 33.9 Å². The summed E-state index contributed by atoms with van der Waals surface area (Å²) >= 11 is 0. The molecule has 0 atom stereocenters. The van der Waals surface area contributed by atoms with Crippen LogP contribution >= 0.6 is 0 Å². The summed E-state index contributed by atoms with van der Waals surface area (Å²) in [7, 11) is 0. The van der Waals surface area contributed by atoms with Gasteiger partial charge in [-0.1, -0.05) is 72.8 Å². The largest absolute Gasteiger partial charge is 0.372 e. The minimum Gasteiger partial charge on any atom is -0.372 e. The topological polar surface area (TPSA) is 76.8 Å². The average molecular weight is 580 g/mol. The van der Waals surface area contributed by atoms with E-state index >= 15 is 0 Å². The predicted octanol–water partition coefficient (Wildman–Crippen LogP) is 8.11. The minimum atomic E-state index is -0.106. The monoisotopic (exact) mass is 579 g/mol. The average Bonchev–Trinajstić information content (AvgIpc) is 3.71. The number of aromatic amines is 2. The first-order chi connectivity index (χ1) is 21.6. The maximum atomic E-state index is 12.5. The number of fused-ring (bicyclic) bond motifs is 1. The molecular formula is C38H37N5O. The molecule has 0 aliphatic carbocycles. The number of amides is 1. The van der Waals surface area contributed by atoms with E-state index in [0.29, 0.717) is 6.54 Å². The molecule has 44 heavy (non-hydrogen) atoms. The van der Waals surface area contributed by atoms with Gasteiger partial charge in [0, 0.05) is 65.2 Å². The van der Waals surface area contributed by atoms with Gasteiger partial charge in [0.2, 0.25) is 5.91 Å². The lowest BCUT2D eigenvalue weighted by atomic mass is 10.0. The third kappa shape index (κ3) is 6.35. The number of hydrogen-bond acceptors (Lipinski definition) is 3. The summed E-state index contributed by atoms with van der Waals surface area (Å²) in [5.41, 5.74) is 9.48. The molecule has 2 heterocycles. The molecule has 6 nitrogen and oxygen atoms in total. The van der Waals surface area contributed by atoms with E-state index in [9.17, 15) is 4.79 Å². The third-order valence-corrected chi connectivity index (χ3v) is 8.02. The number of nitrogens with one attached hydrogen (secondary N) is 3. The Balaban J connectivity index is 1.16. The second-order valence-corrected chi connectivity index (χ2v) is 10.8. The van der Waals surface area contributed by atoms with Crippen LogP contribution in [0.2, 0.25) is 0 Å². The maximum Gasteiger partial charge on any atom is 0.244 e. The first kappa shape index (κ1) is 28.7. The zero-order valence-electron chi connectivity index (χ0n) is 25.2. The lowest BCUT2D eigenvalue weighted by Gasteiger charge is -2.20. The van der Waals surface area contributed by atoms with Crippen LogP contribution in [0.15, 0.2) is 115 Å². The van der Waals surface area contributed by atoms with Crippen LogP contribution in [-0.4, -0.2) is 40.5 Å². The molecular weight excluding hydrogens is 542 g/mol. The van der Waals surface area contributed by atoms with Crippen molar-refractivity contribution < 1.29 is 4.79 Å². The van der Waals surface area contributed by atoms with Gasteiger partial charge in [0.05, 0.1) is 11.4 Å². The first-order valence-corrected chi connectivity index (χ1v) is 15.2. The SMILES string of the molecule is CCN(CC)c1ccc(-c2nc(-c3ccccc3)c(-c3ccc(C=CC(=O)NCCc4c[nH]c5ccccc45)cc3)[nH]2)cc1. The number of carbonyl (C=O) groups is 1. The number of hydrogen-bond donors (Lipinski definition) is 3. The number of carbonyl (C=O) groups excluding carboxylic acids is 1. The standard InChI is InChI=1S/C38H37N5O/c1-3-43(4-2)32-21-19-30(20-22-32)38-41-36(28-10-6-5-7-11-28)37(42-38)29-17-14-27(15-18-29)16-23-35(44)39-25-24-31-26-40-34-13-9-8-12-33(31)34/h5-23,26,40H,3-4,24-25H2,1-2H3,(H,39,44)(H,41,42). The maximum absolute atomic E-state index is 12.5. The normalized spacial score (nSPS) is 11.3. The number of H-pyrrole nitrogens is 2. The van der Waals surface area contributed by atoms with Crippen LogP contribution in [0.1, 0.15) is 25.0 Å². The predicted molar refractivity (Wildman–Crippen MR) is 183 cm³/mol. The quantitative estimate of drug-likeness (QED) is 0.136. The van der Waals surface area contributed by atoms with Crippen LogP contribution in [0.3, 0.4) is 0 Å². The molecule has 2 aromatic heterocycles. The van der Waals surface area contributed by atoms with E-state index in [1.165, 1.54) is 16.6 Å². The van der Waals surface area contributed by atoms with Crippen LogP contribution in [0.4, 0.5) is 5.69 Å². The number of imidazole rings is 1. The van der Waals surface area contributed by atoms with Gasteiger partial charge in [0.25, 0.3) is 0 Å². The van der Waals surface area contributed by atoms with Crippen molar-refractivity contribution in [2.24, 2.45) is 0 Å². The van der Waals surface area contributed by atoms with E-state index in [1.54, 1.807) is 6.08 Å². The highest BCUT2D eigenvalue weighted by atomic mass is 16.1. The Bertz CT molecular complexity index is 1860. The van der Waals surface area contributed by atoms with Crippen molar-refractivity contribution in [2.45, 2.75) is 20.3 Å². The Morgan fingerprint density at radius 1 is 0.818 bits per heavy atom. The van der Waals surface area contributed by atoms with Crippen LogP contribution in [0.5, 0.6) is 0 Å². The molecule has 3 N–H and O–H groups in total. The molecule has 220 valence electrons. The fraction of sp³-hybridized carbons (Fsp3) is 0.158. The molecule has 0 aliphatic heterocycles. The molecule has 6 rings (SSSR count). The lowest BCUT2D eigenvalue weighted by molar-refractivity contribution is -0.116. The van der Waals surface area contributed by atoms with E-state index in [0.717, 1.165) is 64.5 Å². The fourth-order valence-corrected chi connectivity index (χ4v) is 5.59. The van der Waals surface area contributed by atoms with Gasteiger partial charge in [-0.3, -0.25) is 4.79 Å². The molecule has 6 aromatic rings. The fourth-order valence-electron chi connectivity index (χ4n) is 5.59. The van der Waals surface area contributed by atoms with Gasteiger partial charge in [-0.15, -0.1) is 0 Å². The van der Waals surface area contributed by atoms with Gasteiger partial charge < -0.3 is 20.2 Å². The Kier molecular flexibility index (Phi) is 8.69. The molecule has 0 bridgehead atoms. The minimum absolute atomic E-state index is 0.106. The molecule has 0 saturated carbocycles. The second-order valence-electron chi connectivity index (χ2n) is 10.8. The number of benzene rings is 4. The Labute approximate surface area is 258 Å².